The quantitative estimate of drug-likeness (QED) is 0.438. The van der Waals surface area contributed by atoms with Crippen molar-refractivity contribution in [3.63, 3.8) is 0 Å². The molecule has 1 aliphatic heterocycles. The number of imidazole rings is 1. The molecule has 1 atom stereocenters. The predicted octanol–water partition coefficient (Wildman–Crippen LogP) is 3.88. The van der Waals surface area contributed by atoms with Crippen LogP contribution in [-0.2, 0) is 22.6 Å². The molecule has 0 aliphatic carbocycles. The third kappa shape index (κ3) is 4.24. The lowest BCUT2D eigenvalue weighted by atomic mass is 10.1. The number of hydrogen-bond acceptors (Lipinski definition) is 4. The highest BCUT2D eigenvalue weighted by Gasteiger charge is 2.40. The number of anilines is 1. The standard InChI is InChI=1S/C27H26N4O3/c1-34-21-13-11-19(12-14-21)15-16-30-26(33)24(17-25(32)28-18-20-7-3-2-4-8-20)31-23-10-6-5-9-22(23)29-27(30)31/h2-14,24H,15-18H2,1H3,(H,28,32)/t24-/m0/s1. The van der Waals surface area contributed by atoms with E-state index in [0.29, 0.717) is 25.5 Å². The van der Waals surface area contributed by atoms with Crippen LogP contribution in [-0.4, -0.2) is 35.0 Å². The first-order valence-electron chi connectivity index (χ1n) is 11.4. The van der Waals surface area contributed by atoms with Crippen LogP contribution >= 0.6 is 0 Å². The predicted molar refractivity (Wildman–Crippen MR) is 131 cm³/mol. The molecule has 4 aromatic rings. The molecule has 0 saturated heterocycles. The molecule has 7 heteroatoms. The van der Waals surface area contributed by atoms with Gasteiger partial charge in [-0.2, -0.15) is 0 Å². The van der Waals surface area contributed by atoms with Gasteiger partial charge in [-0.05, 0) is 41.8 Å². The van der Waals surface area contributed by atoms with Crippen molar-refractivity contribution in [2.24, 2.45) is 0 Å². The summed E-state index contributed by atoms with van der Waals surface area (Å²) in [6.07, 6.45) is 0.740. The first-order valence-corrected chi connectivity index (χ1v) is 11.4. The summed E-state index contributed by atoms with van der Waals surface area (Å²) in [7, 11) is 1.64. The molecule has 2 amide bonds. The van der Waals surface area contributed by atoms with Crippen LogP contribution in [0.2, 0.25) is 0 Å². The summed E-state index contributed by atoms with van der Waals surface area (Å²) in [5.41, 5.74) is 3.79. The Balaban J connectivity index is 1.35. The maximum absolute atomic E-state index is 13.5. The topological polar surface area (TPSA) is 76.5 Å². The number of carbonyl (C=O) groups is 2. The van der Waals surface area contributed by atoms with Crippen molar-refractivity contribution in [1.29, 1.82) is 0 Å². The van der Waals surface area contributed by atoms with Gasteiger partial charge in [-0.1, -0.05) is 54.6 Å². The molecule has 0 fully saturated rings. The van der Waals surface area contributed by atoms with E-state index >= 15 is 0 Å². The third-order valence-corrected chi connectivity index (χ3v) is 6.18. The maximum Gasteiger partial charge on any atom is 0.253 e. The number of ether oxygens (including phenoxy) is 1. The normalized spacial score (nSPS) is 14.9. The molecule has 3 aromatic carbocycles. The Morgan fingerprint density at radius 3 is 2.47 bits per heavy atom. The Bertz CT molecular complexity index is 1310. The SMILES string of the molecule is COc1ccc(CCN2C(=O)[C@H](CC(=O)NCc3ccccc3)n3c2nc2ccccc23)cc1. The van der Waals surface area contributed by atoms with Crippen LogP contribution in [0.25, 0.3) is 11.0 Å². The fourth-order valence-corrected chi connectivity index (χ4v) is 4.38. The highest BCUT2D eigenvalue weighted by atomic mass is 16.5. The van der Waals surface area contributed by atoms with Gasteiger partial charge in [0.1, 0.15) is 11.8 Å². The van der Waals surface area contributed by atoms with Crippen molar-refractivity contribution in [3.05, 3.63) is 90.0 Å². The number of hydrogen-bond donors (Lipinski definition) is 1. The van der Waals surface area contributed by atoms with Crippen LogP contribution in [0, 0.1) is 0 Å². The highest BCUT2D eigenvalue weighted by Crippen LogP contribution is 2.36. The van der Waals surface area contributed by atoms with Gasteiger partial charge in [0.05, 0.1) is 24.6 Å². The van der Waals surface area contributed by atoms with Gasteiger partial charge in [0.15, 0.2) is 0 Å². The summed E-state index contributed by atoms with van der Waals surface area (Å²) in [6, 6.07) is 24.7. The molecule has 7 nitrogen and oxygen atoms in total. The van der Waals surface area contributed by atoms with Crippen LogP contribution in [0.4, 0.5) is 5.95 Å². The van der Waals surface area contributed by atoms with E-state index in [1.54, 1.807) is 12.0 Å². The lowest BCUT2D eigenvalue weighted by Gasteiger charge is -2.16. The summed E-state index contributed by atoms with van der Waals surface area (Å²) in [6.45, 7) is 0.913. The van der Waals surface area contributed by atoms with Crippen LogP contribution in [0.15, 0.2) is 78.9 Å². The van der Waals surface area contributed by atoms with Crippen LogP contribution < -0.4 is 15.0 Å². The molecule has 34 heavy (non-hydrogen) atoms. The minimum absolute atomic E-state index is 0.0675. The number of carbonyl (C=O) groups excluding carboxylic acids is 2. The molecule has 1 aromatic heterocycles. The summed E-state index contributed by atoms with van der Waals surface area (Å²) >= 11 is 0. The molecule has 5 rings (SSSR count). The van der Waals surface area contributed by atoms with E-state index in [1.807, 2.05) is 83.4 Å². The monoisotopic (exact) mass is 454 g/mol. The summed E-state index contributed by atoms with van der Waals surface area (Å²) in [5.74, 6) is 1.13. The number of nitrogens with zero attached hydrogens (tertiary/aromatic N) is 3. The second kappa shape index (κ2) is 9.39. The van der Waals surface area contributed by atoms with Gasteiger partial charge in [0.25, 0.3) is 5.91 Å². The van der Waals surface area contributed by atoms with Crippen LogP contribution in [0.5, 0.6) is 5.75 Å². The van der Waals surface area contributed by atoms with Gasteiger partial charge in [0, 0.05) is 13.1 Å². The number of amides is 2. The second-order valence-electron chi connectivity index (χ2n) is 8.34. The van der Waals surface area contributed by atoms with Gasteiger partial charge in [-0.3, -0.25) is 19.1 Å². The lowest BCUT2D eigenvalue weighted by Crippen LogP contribution is -2.34. The molecule has 0 radical (unpaired) electrons. The van der Waals surface area contributed by atoms with Gasteiger partial charge >= 0.3 is 0 Å². The van der Waals surface area contributed by atoms with Crippen molar-refractivity contribution < 1.29 is 14.3 Å². The first kappa shape index (κ1) is 21.7. The molecule has 0 saturated carbocycles. The van der Waals surface area contributed by atoms with Crippen LogP contribution in [0.3, 0.4) is 0 Å². The molecule has 0 bridgehead atoms. The summed E-state index contributed by atoms with van der Waals surface area (Å²) in [5, 5.41) is 2.95. The number of fused-ring (bicyclic) bond motifs is 3. The van der Waals surface area contributed by atoms with E-state index < -0.39 is 6.04 Å². The van der Waals surface area contributed by atoms with E-state index in [2.05, 4.69) is 5.32 Å². The summed E-state index contributed by atoms with van der Waals surface area (Å²) < 4.78 is 7.14. The molecular weight excluding hydrogens is 428 g/mol. The van der Waals surface area contributed by atoms with Crippen molar-refractivity contribution in [2.75, 3.05) is 18.6 Å². The largest absolute Gasteiger partial charge is 0.497 e. The fourth-order valence-electron chi connectivity index (χ4n) is 4.38. The molecule has 172 valence electrons. The number of aromatic nitrogens is 2. The van der Waals surface area contributed by atoms with Gasteiger partial charge in [0.2, 0.25) is 11.9 Å². The smallest absolute Gasteiger partial charge is 0.253 e. The van der Waals surface area contributed by atoms with E-state index in [0.717, 1.165) is 27.9 Å². The van der Waals surface area contributed by atoms with E-state index in [-0.39, 0.29) is 18.2 Å². The number of rotatable bonds is 8. The maximum atomic E-state index is 13.5. The van der Waals surface area contributed by atoms with Crippen LogP contribution in [0.1, 0.15) is 23.6 Å². The number of benzene rings is 3. The van der Waals surface area contributed by atoms with Crippen molar-refractivity contribution in [3.8, 4) is 5.75 Å². The van der Waals surface area contributed by atoms with Crippen molar-refractivity contribution in [2.45, 2.75) is 25.4 Å². The van der Waals surface area contributed by atoms with Gasteiger partial charge < -0.3 is 10.1 Å². The van der Waals surface area contributed by atoms with Gasteiger partial charge in [-0.15, -0.1) is 0 Å². The Hall–Kier alpha value is -4.13. The highest BCUT2D eigenvalue weighted by molar-refractivity contribution is 6.03. The molecule has 1 N–H and O–H groups in total. The number of nitrogens with one attached hydrogen (secondary N) is 1. The minimum Gasteiger partial charge on any atom is -0.497 e. The minimum atomic E-state index is -0.617. The molecule has 0 unspecified atom stereocenters. The van der Waals surface area contributed by atoms with Gasteiger partial charge in [-0.25, -0.2) is 4.98 Å². The van der Waals surface area contributed by atoms with E-state index in [9.17, 15) is 9.59 Å². The molecular formula is C27H26N4O3. The third-order valence-electron chi connectivity index (χ3n) is 6.18. The molecule has 2 heterocycles. The zero-order valence-electron chi connectivity index (χ0n) is 19.0. The van der Waals surface area contributed by atoms with E-state index in [1.165, 1.54) is 0 Å². The first-order chi connectivity index (χ1) is 16.6. The molecule has 1 aliphatic rings. The lowest BCUT2D eigenvalue weighted by molar-refractivity contribution is -0.127. The zero-order valence-corrected chi connectivity index (χ0v) is 19.0. The average molecular weight is 455 g/mol. The number of para-hydroxylation sites is 2. The Morgan fingerprint density at radius 2 is 1.71 bits per heavy atom. The Kier molecular flexibility index (Phi) is 5.99. The summed E-state index contributed by atoms with van der Waals surface area (Å²) in [4.78, 5) is 32.7. The van der Waals surface area contributed by atoms with E-state index in [4.69, 9.17) is 9.72 Å². The van der Waals surface area contributed by atoms with Crippen molar-refractivity contribution >= 4 is 28.8 Å². The second-order valence-corrected chi connectivity index (χ2v) is 8.34. The molecule has 0 spiro atoms. The average Bonchev–Trinajstić information content (AvgIpc) is 3.37. The Morgan fingerprint density at radius 1 is 0.971 bits per heavy atom. The zero-order chi connectivity index (χ0) is 23.5. The van der Waals surface area contributed by atoms with Crippen molar-refractivity contribution in [1.82, 2.24) is 14.9 Å². The number of methoxy groups -OCH3 is 1. The Labute approximate surface area is 198 Å². The fraction of sp³-hybridized carbons (Fsp3) is 0.222.